The van der Waals surface area contributed by atoms with Crippen molar-refractivity contribution < 1.29 is 13.9 Å². The van der Waals surface area contributed by atoms with Crippen LogP contribution in [0.3, 0.4) is 0 Å². The van der Waals surface area contributed by atoms with Crippen molar-refractivity contribution in [2.75, 3.05) is 44.4 Å². The molecule has 1 aliphatic heterocycles. The smallest absolute Gasteiger partial charge is 0.270 e. The molecule has 1 fully saturated rings. The van der Waals surface area contributed by atoms with Crippen molar-refractivity contribution in [3.8, 4) is 5.88 Å². The van der Waals surface area contributed by atoms with Gasteiger partial charge in [0, 0.05) is 25.2 Å². The number of hydrogen-bond donors (Lipinski definition) is 1. The zero-order valence-electron chi connectivity index (χ0n) is 16.3. The maximum Gasteiger partial charge on any atom is 0.270 e. The summed E-state index contributed by atoms with van der Waals surface area (Å²) in [5.74, 6) is 1.43. The predicted molar refractivity (Wildman–Crippen MR) is 104 cm³/mol. The van der Waals surface area contributed by atoms with Gasteiger partial charge in [0.2, 0.25) is 5.82 Å². The molecule has 2 rings (SSSR count). The highest BCUT2D eigenvalue weighted by molar-refractivity contribution is 6.99. The van der Waals surface area contributed by atoms with Gasteiger partial charge in [-0.05, 0) is 40.4 Å². The summed E-state index contributed by atoms with van der Waals surface area (Å²) in [5, 5.41) is 3.51. The van der Waals surface area contributed by atoms with Crippen LogP contribution in [0.2, 0.25) is 19.6 Å². The fraction of sp³-hybridized carbons (Fsp3) is 0.875. The Labute approximate surface area is 156 Å². The third-order valence-electron chi connectivity index (χ3n) is 3.54. The van der Waals surface area contributed by atoms with Crippen LogP contribution in [0.5, 0.6) is 5.88 Å². The third kappa shape index (κ3) is 7.57. The third-order valence-corrected chi connectivity index (χ3v) is 5.08. The fourth-order valence-electron chi connectivity index (χ4n) is 2.46. The number of anilines is 1. The first kappa shape index (κ1) is 20.6. The Bertz CT molecular complexity index is 524. The van der Waals surface area contributed by atoms with Gasteiger partial charge in [-0.15, -0.1) is 4.37 Å². The second kappa shape index (κ2) is 8.76. The van der Waals surface area contributed by atoms with E-state index in [1.807, 2.05) is 0 Å². The number of nitrogens with zero attached hydrogens (tertiary/aromatic N) is 3. The highest BCUT2D eigenvalue weighted by atomic mass is 32.1. The Morgan fingerprint density at radius 1 is 1.24 bits per heavy atom. The lowest BCUT2D eigenvalue weighted by molar-refractivity contribution is 0.110. The van der Waals surface area contributed by atoms with Gasteiger partial charge in [-0.3, -0.25) is 0 Å². The first-order valence-corrected chi connectivity index (χ1v) is 13.0. The fourth-order valence-corrected chi connectivity index (χ4v) is 4.13. The normalized spacial score (nSPS) is 17.6. The van der Waals surface area contributed by atoms with Gasteiger partial charge in [-0.25, -0.2) is 0 Å². The Hall–Kier alpha value is -0.743. The molecular formula is C16H32N4O3SSi. The van der Waals surface area contributed by atoms with Crippen molar-refractivity contribution in [1.82, 2.24) is 14.1 Å². The van der Waals surface area contributed by atoms with Crippen LogP contribution < -0.4 is 15.0 Å². The summed E-state index contributed by atoms with van der Waals surface area (Å²) >= 11 is 1.19. The molecule has 0 aromatic carbocycles. The lowest BCUT2D eigenvalue weighted by Gasteiger charge is -2.30. The molecule has 1 unspecified atom stereocenters. The molecule has 0 bridgehead atoms. The van der Waals surface area contributed by atoms with Gasteiger partial charge < -0.3 is 24.1 Å². The number of nitrogens with one attached hydrogen (secondary N) is 1. The summed E-state index contributed by atoms with van der Waals surface area (Å²) in [6.07, 6.45) is -0.00914. The molecule has 9 heteroatoms. The van der Waals surface area contributed by atoms with E-state index in [1.54, 1.807) is 0 Å². The Kier molecular flexibility index (Phi) is 7.21. The second-order valence-corrected chi connectivity index (χ2v) is 13.3. The SMILES string of the molecule is CC(C)(C)NCC(COc1nsnc1N1CCOCC1)O[Si](C)(C)C. The van der Waals surface area contributed by atoms with Crippen LogP contribution in [0.25, 0.3) is 0 Å². The maximum atomic E-state index is 6.29. The molecule has 1 atom stereocenters. The van der Waals surface area contributed by atoms with Gasteiger partial charge in [0.15, 0.2) is 8.32 Å². The van der Waals surface area contributed by atoms with Gasteiger partial charge in [0.05, 0.1) is 31.0 Å². The molecule has 144 valence electrons. The summed E-state index contributed by atoms with van der Waals surface area (Å²) < 4.78 is 26.4. The maximum absolute atomic E-state index is 6.29. The van der Waals surface area contributed by atoms with Crippen LogP contribution in [-0.2, 0) is 9.16 Å². The summed E-state index contributed by atoms with van der Waals surface area (Å²) in [6, 6.07) is 0. The van der Waals surface area contributed by atoms with E-state index < -0.39 is 8.32 Å². The van der Waals surface area contributed by atoms with Crippen molar-refractivity contribution in [2.45, 2.75) is 52.1 Å². The van der Waals surface area contributed by atoms with Crippen molar-refractivity contribution in [1.29, 1.82) is 0 Å². The molecule has 1 aromatic rings. The number of rotatable bonds is 8. The molecule has 1 N–H and O–H groups in total. The molecule has 7 nitrogen and oxygen atoms in total. The van der Waals surface area contributed by atoms with Gasteiger partial charge >= 0.3 is 0 Å². The van der Waals surface area contributed by atoms with Gasteiger partial charge in [0.25, 0.3) is 5.88 Å². The van der Waals surface area contributed by atoms with E-state index >= 15 is 0 Å². The van der Waals surface area contributed by atoms with Crippen molar-refractivity contribution in [3.63, 3.8) is 0 Å². The highest BCUT2D eigenvalue weighted by Gasteiger charge is 2.25. The number of hydrogen-bond acceptors (Lipinski definition) is 8. The van der Waals surface area contributed by atoms with Crippen molar-refractivity contribution >= 4 is 25.9 Å². The van der Waals surface area contributed by atoms with Crippen LogP contribution >= 0.6 is 11.7 Å². The van der Waals surface area contributed by atoms with E-state index in [-0.39, 0.29) is 11.6 Å². The van der Waals surface area contributed by atoms with Crippen molar-refractivity contribution in [3.05, 3.63) is 0 Å². The van der Waals surface area contributed by atoms with Crippen LogP contribution in [-0.4, -0.2) is 68.2 Å². The molecule has 1 aromatic heterocycles. The number of morpholine rings is 1. The zero-order valence-corrected chi connectivity index (χ0v) is 18.1. The van der Waals surface area contributed by atoms with Crippen LogP contribution in [0.1, 0.15) is 20.8 Å². The van der Waals surface area contributed by atoms with Gasteiger partial charge in [-0.1, -0.05) is 0 Å². The van der Waals surface area contributed by atoms with Crippen LogP contribution in [0, 0.1) is 0 Å². The standard InChI is InChI=1S/C16H32N4O3SSi/c1-16(2,3)17-11-13(23-25(4,5)6)12-22-15-14(18-24-19-15)20-7-9-21-10-8-20/h13,17H,7-12H2,1-6H3. The molecule has 0 aliphatic carbocycles. The van der Waals surface area contributed by atoms with E-state index in [2.05, 4.69) is 59.4 Å². The predicted octanol–water partition coefficient (Wildman–Crippen LogP) is 2.36. The minimum absolute atomic E-state index is 0.00914. The Morgan fingerprint density at radius 2 is 1.92 bits per heavy atom. The van der Waals surface area contributed by atoms with E-state index in [0.717, 1.165) is 25.5 Å². The van der Waals surface area contributed by atoms with Crippen LogP contribution in [0.4, 0.5) is 5.82 Å². The molecule has 1 aliphatic rings. The summed E-state index contributed by atoms with van der Waals surface area (Å²) in [5.41, 5.74) is 0.0438. The first-order chi connectivity index (χ1) is 11.6. The average molecular weight is 389 g/mol. The van der Waals surface area contributed by atoms with Gasteiger partial charge in [-0.2, -0.15) is 4.37 Å². The van der Waals surface area contributed by atoms with E-state index in [0.29, 0.717) is 25.7 Å². The summed E-state index contributed by atoms with van der Waals surface area (Å²) in [7, 11) is -1.66. The first-order valence-electron chi connectivity index (χ1n) is 8.85. The van der Waals surface area contributed by atoms with Crippen molar-refractivity contribution in [2.24, 2.45) is 0 Å². The van der Waals surface area contributed by atoms with E-state index in [1.165, 1.54) is 11.7 Å². The quantitative estimate of drug-likeness (QED) is 0.686. The summed E-state index contributed by atoms with van der Waals surface area (Å²) in [6.45, 7) is 17.3. The highest BCUT2D eigenvalue weighted by Crippen LogP contribution is 2.26. The minimum atomic E-state index is -1.66. The molecule has 0 radical (unpaired) electrons. The second-order valence-electron chi connectivity index (χ2n) is 8.29. The zero-order chi connectivity index (χ0) is 18.5. The molecule has 25 heavy (non-hydrogen) atoms. The van der Waals surface area contributed by atoms with E-state index in [9.17, 15) is 0 Å². The lowest BCUT2D eigenvalue weighted by Crippen LogP contribution is -2.46. The number of aromatic nitrogens is 2. The molecule has 0 spiro atoms. The number of ether oxygens (including phenoxy) is 2. The molecule has 0 amide bonds. The lowest BCUT2D eigenvalue weighted by atomic mass is 10.1. The largest absolute Gasteiger partial charge is 0.472 e. The van der Waals surface area contributed by atoms with Gasteiger partial charge in [0.1, 0.15) is 6.61 Å². The van der Waals surface area contributed by atoms with E-state index in [4.69, 9.17) is 13.9 Å². The Morgan fingerprint density at radius 3 is 2.52 bits per heavy atom. The molecule has 1 saturated heterocycles. The minimum Gasteiger partial charge on any atom is -0.472 e. The monoisotopic (exact) mass is 388 g/mol. The molecule has 2 heterocycles. The summed E-state index contributed by atoms with van der Waals surface area (Å²) in [4.78, 5) is 2.17. The molecule has 0 saturated carbocycles. The molecular weight excluding hydrogens is 356 g/mol. The van der Waals surface area contributed by atoms with Crippen LogP contribution in [0.15, 0.2) is 0 Å². The average Bonchev–Trinajstić information content (AvgIpc) is 2.97. The Balaban J connectivity index is 1.96. The topological polar surface area (TPSA) is 68.7 Å².